The molecule has 12 rings (SSSR count). The number of fused-ring (bicyclic) bond motifs is 3. The third-order valence-electron chi connectivity index (χ3n) is 11.7. The summed E-state index contributed by atoms with van der Waals surface area (Å²) in [6.45, 7) is 0. The van der Waals surface area contributed by atoms with Crippen molar-refractivity contribution in [2.45, 2.75) is 0 Å². The molecule has 0 aliphatic heterocycles. The molecule has 8 heteroatoms. The number of aromatic nitrogens is 6. The summed E-state index contributed by atoms with van der Waals surface area (Å²) >= 11 is 0. The highest BCUT2D eigenvalue weighted by Crippen LogP contribution is 2.39. The quantitative estimate of drug-likeness (QED) is 0.149. The van der Waals surface area contributed by atoms with Crippen LogP contribution in [0.2, 0.25) is 0 Å². The van der Waals surface area contributed by atoms with Crippen molar-refractivity contribution < 1.29 is 8.83 Å². The second kappa shape index (κ2) is 15.5. The van der Waals surface area contributed by atoms with Gasteiger partial charge in [0, 0.05) is 33.4 Å². The van der Waals surface area contributed by atoms with Crippen LogP contribution >= 0.6 is 0 Å². The molecule has 0 N–H and O–H groups in total. The van der Waals surface area contributed by atoms with Crippen molar-refractivity contribution >= 4 is 32.6 Å². The number of para-hydroxylation sites is 2. The zero-order valence-corrected chi connectivity index (χ0v) is 34.1. The van der Waals surface area contributed by atoms with E-state index in [0.717, 1.165) is 99.6 Å². The molecule has 8 nitrogen and oxygen atoms in total. The molecule has 0 radical (unpaired) electrons. The van der Waals surface area contributed by atoms with Gasteiger partial charge < -0.3 is 8.83 Å². The van der Waals surface area contributed by atoms with E-state index in [1.807, 2.05) is 109 Å². The van der Waals surface area contributed by atoms with Crippen molar-refractivity contribution in [1.29, 1.82) is 0 Å². The van der Waals surface area contributed by atoms with E-state index in [4.69, 9.17) is 18.8 Å². The molecule has 0 aliphatic carbocycles. The van der Waals surface area contributed by atoms with E-state index >= 15 is 0 Å². The average molecular weight is 823 g/mol. The van der Waals surface area contributed by atoms with E-state index in [1.165, 1.54) is 0 Å². The van der Waals surface area contributed by atoms with Gasteiger partial charge in [-0.1, -0.05) is 158 Å². The number of benzene rings is 9. The zero-order valence-electron chi connectivity index (χ0n) is 34.1. The maximum absolute atomic E-state index is 6.19. The fourth-order valence-electron chi connectivity index (χ4n) is 8.57. The smallest absolute Gasteiger partial charge is 0.248 e. The van der Waals surface area contributed by atoms with Gasteiger partial charge in [-0.25, -0.2) is 9.97 Å². The first-order valence-electron chi connectivity index (χ1n) is 21.0. The Bertz CT molecular complexity index is 3420. The highest BCUT2D eigenvalue weighted by atomic mass is 16.4. The molecule has 3 heterocycles. The highest BCUT2D eigenvalue weighted by Gasteiger charge is 2.19. The summed E-state index contributed by atoms with van der Waals surface area (Å²) in [5, 5.41) is 21.8. The minimum Gasteiger partial charge on any atom is -0.416 e. The van der Waals surface area contributed by atoms with Gasteiger partial charge in [0.25, 0.3) is 0 Å². The Labute approximate surface area is 367 Å². The number of nitrogens with zero attached hydrogens (tertiary/aromatic N) is 6. The Morgan fingerprint density at radius 1 is 0.234 bits per heavy atom. The Kier molecular flexibility index (Phi) is 8.97. The Hall–Kier alpha value is -8.88. The lowest BCUT2D eigenvalue weighted by Crippen LogP contribution is -1.96. The first-order valence-corrected chi connectivity index (χ1v) is 21.0. The van der Waals surface area contributed by atoms with Crippen LogP contribution in [0, 0.1) is 0 Å². The summed E-state index contributed by atoms with van der Waals surface area (Å²) in [4.78, 5) is 10.4. The van der Waals surface area contributed by atoms with Crippen molar-refractivity contribution in [1.82, 2.24) is 30.4 Å². The first-order chi connectivity index (χ1) is 31.7. The van der Waals surface area contributed by atoms with Crippen LogP contribution in [0.3, 0.4) is 0 Å². The molecule has 300 valence electrons. The van der Waals surface area contributed by atoms with Crippen LogP contribution in [0.1, 0.15) is 0 Å². The van der Waals surface area contributed by atoms with E-state index in [-0.39, 0.29) is 0 Å². The minimum atomic E-state index is 0.483. The summed E-state index contributed by atoms with van der Waals surface area (Å²) in [6.07, 6.45) is 0. The summed E-state index contributed by atoms with van der Waals surface area (Å²) in [6, 6.07) is 69.9. The second-order valence-corrected chi connectivity index (χ2v) is 15.5. The van der Waals surface area contributed by atoms with Crippen molar-refractivity contribution in [3.05, 3.63) is 206 Å². The van der Waals surface area contributed by atoms with Gasteiger partial charge in [0.05, 0.1) is 22.4 Å². The molecule has 0 unspecified atom stereocenters. The molecule has 0 atom stereocenters. The van der Waals surface area contributed by atoms with Crippen LogP contribution in [0.15, 0.2) is 215 Å². The van der Waals surface area contributed by atoms with Gasteiger partial charge in [-0.2, -0.15) is 0 Å². The Balaban J connectivity index is 0.881. The summed E-state index contributed by atoms with van der Waals surface area (Å²) in [7, 11) is 0. The van der Waals surface area contributed by atoms with E-state index in [9.17, 15) is 0 Å². The average Bonchev–Trinajstić information content (AvgIpc) is 4.08. The van der Waals surface area contributed by atoms with Crippen LogP contribution in [0.25, 0.3) is 123 Å². The number of rotatable bonds is 8. The highest BCUT2D eigenvalue weighted by molar-refractivity contribution is 6.05. The van der Waals surface area contributed by atoms with Crippen LogP contribution in [0.4, 0.5) is 0 Å². The van der Waals surface area contributed by atoms with E-state index < -0.39 is 0 Å². The maximum atomic E-state index is 6.19. The number of hydrogen-bond acceptors (Lipinski definition) is 8. The predicted molar refractivity (Wildman–Crippen MR) is 254 cm³/mol. The van der Waals surface area contributed by atoms with Crippen molar-refractivity contribution in [2.75, 3.05) is 0 Å². The van der Waals surface area contributed by atoms with E-state index in [0.29, 0.717) is 23.6 Å². The molecular formula is C56H34N6O2. The van der Waals surface area contributed by atoms with Gasteiger partial charge in [0.1, 0.15) is 0 Å². The molecular weight excluding hydrogens is 789 g/mol. The van der Waals surface area contributed by atoms with Gasteiger partial charge in [-0.15, -0.1) is 20.4 Å². The van der Waals surface area contributed by atoms with E-state index in [1.54, 1.807) is 0 Å². The first kappa shape index (κ1) is 36.9. The molecule has 0 saturated carbocycles. The molecule has 0 bridgehead atoms. The molecule has 9 aromatic carbocycles. The standard InChI is InChI=1S/C56H34N6O2/c1-3-13-39(14-4-1)53-59-61-55(63-53)47-23-11-19-43-41(17-9-21-45(43)47)35-27-31-37(32-28-35)51-52(58-50-26-8-7-25-49(50)57-51)38-33-29-36(30-34-38)42-18-10-22-46-44(42)20-12-24-48(46)56-62-60-54(64-56)40-15-5-2-6-16-40/h1-34H. The largest absolute Gasteiger partial charge is 0.416 e. The van der Waals surface area contributed by atoms with Crippen molar-refractivity contribution in [2.24, 2.45) is 0 Å². The third kappa shape index (κ3) is 6.58. The topological polar surface area (TPSA) is 104 Å². The molecule has 0 saturated heterocycles. The molecule has 0 fully saturated rings. The van der Waals surface area contributed by atoms with E-state index in [2.05, 4.69) is 117 Å². The molecule has 0 amide bonds. The van der Waals surface area contributed by atoms with Gasteiger partial charge in [-0.3, -0.25) is 0 Å². The molecule has 0 aliphatic rings. The lowest BCUT2D eigenvalue weighted by atomic mass is 9.93. The fourth-order valence-corrected chi connectivity index (χ4v) is 8.57. The van der Waals surface area contributed by atoms with Gasteiger partial charge in [0.15, 0.2) is 0 Å². The van der Waals surface area contributed by atoms with Crippen molar-refractivity contribution in [3.8, 4) is 90.6 Å². The maximum Gasteiger partial charge on any atom is 0.248 e. The van der Waals surface area contributed by atoms with Gasteiger partial charge in [0.2, 0.25) is 23.6 Å². The SMILES string of the molecule is c1ccc(-c2nnc(-c3cccc4c(-c5ccc(-c6nc7ccccc7nc6-c6ccc(-c7cccc8c(-c9nnc(-c%10ccccc%10)o9)cccc78)cc6)cc5)cccc34)o2)cc1. The lowest BCUT2D eigenvalue weighted by molar-refractivity contribution is 0.585. The summed E-state index contributed by atoms with van der Waals surface area (Å²) in [5.74, 6) is 1.95. The Morgan fingerprint density at radius 2 is 0.562 bits per heavy atom. The molecule has 3 aromatic heterocycles. The summed E-state index contributed by atoms with van der Waals surface area (Å²) < 4.78 is 12.4. The predicted octanol–water partition coefficient (Wildman–Crippen LogP) is 14.0. The van der Waals surface area contributed by atoms with Crippen LogP contribution in [0.5, 0.6) is 0 Å². The second-order valence-electron chi connectivity index (χ2n) is 15.5. The Morgan fingerprint density at radius 3 is 0.969 bits per heavy atom. The third-order valence-corrected chi connectivity index (χ3v) is 11.7. The summed E-state index contributed by atoms with van der Waals surface area (Å²) in [5.41, 5.74) is 13.1. The van der Waals surface area contributed by atoms with Crippen LogP contribution < -0.4 is 0 Å². The monoisotopic (exact) mass is 822 g/mol. The normalized spacial score (nSPS) is 11.4. The van der Waals surface area contributed by atoms with Crippen LogP contribution in [-0.2, 0) is 0 Å². The molecule has 0 spiro atoms. The minimum absolute atomic E-state index is 0.483. The zero-order chi connectivity index (χ0) is 42.4. The van der Waals surface area contributed by atoms with Crippen LogP contribution in [-0.4, -0.2) is 30.4 Å². The number of hydrogen-bond donors (Lipinski definition) is 0. The van der Waals surface area contributed by atoms with Crippen molar-refractivity contribution in [3.63, 3.8) is 0 Å². The molecule has 12 aromatic rings. The van der Waals surface area contributed by atoms with Gasteiger partial charge >= 0.3 is 0 Å². The fraction of sp³-hybridized carbons (Fsp3) is 0. The van der Waals surface area contributed by atoms with Gasteiger partial charge in [-0.05, 0) is 92.3 Å². The molecule has 64 heavy (non-hydrogen) atoms. The lowest BCUT2D eigenvalue weighted by Gasteiger charge is -2.13.